The van der Waals surface area contributed by atoms with E-state index in [1.165, 1.54) is 0 Å². The molecule has 1 fully saturated rings. The van der Waals surface area contributed by atoms with Crippen molar-refractivity contribution in [3.63, 3.8) is 0 Å². The van der Waals surface area contributed by atoms with Crippen molar-refractivity contribution >= 4 is 11.6 Å². The SMILES string of the molecule is CCN(CC)C(=O)C(c1ccccc1)N1CCN(c2ccccc2-c2noc(F)n2)CC1. The predicted octanol–water partition coefficient (Wildman–Crippen LogP) is 3.61. The molecule has 32 heavy (non-hydrogen) atoms. The first-order valence-corrected chi connectivity index (χ1v) is 11.0. The Labute approximate surface area is 187 Å². The topological polar surface area (TPSA) is 65.7 Å². The number of carbonyl (C=O) groups excluding carboxylic acids is 1. The average molecular weight is 438 g/mol. The maximum atomic E-state index is 13.4. The van der Waals surface area contributed by atoms with Gasteiger partial charge in [-0.05, 0) is 31.5 Å². The minimum Gasteiger partial charge on any atom is -0.368 e. The van der Waals surface area contributed by atoms with E-state index in [2.05, 4.69) is 24.5 Å². The number of carbonyl (C=O) groups is 1. The second-order valence-electron chi connectivity index (χ2n) is 7.73. The number of nitrogens with zero attached hydrogens (tertiary/aromatic N) is 5. The van der Waals surface area contributed by atoms with Crippen LogP contribution in [0.5, 0.6) is 0 Å². The number of rotatable bonds is 7. The number of amides is 1. The van der Waals surface area contributed by atoms with E-state index in [0.717, 1.165) is 43.0 Å². The predicted molar refractivity (Wildman–Crippen MR) is 121 cm³/mol. The van der Waals surface area contributed by atoms with E-state index < -0.39 is 6.14 Å². The minimum atomic E-state index is -0.944. The first kappa shape index (κ1) is 22.0. The number of para-hydroxylation sites is 1. The third-order valence-corrected chi connectivity index (χ3v) is 5.99. The molecule has 0 radical (unpaired) electrons. The van der Waals surface area contributed by atoms with Crippen LogP contribution in [0.25, 0.3) is 11.4 Å². The number of anilines is 1. The van der Waals surface area contributed by atoms with Crippen molar-refractivity contribution in [2.45, 2.75) is 19.9 Å². The normalized spacial score (nSPS) is 15.5. The fourth-order valence-corrected chi connectivity index (χ4v) is 4.33. The molecule has 0 aliphatic carbocycles. The molecule has 1 aromatic heterocycles. The van der Waals surface area contributed by atoms with Gasteiger partial charge in [-0.25, -0.2) is 0 Å². The molecule has 168 valence electrons. The molecule has 1 aliphatic rings. The summed E-state index contributed by atoms with van der Waals surface area (Å²) in [5.41, 5.74) is 2.67. The van der Waals surface area contributed by atoms with Crippen molar-refractivity contribution in [3.8, 4) is 11.4 Å². The van der Waals surface area contributed by atoms with Gasteiger partial charge in [-0.2, -0.15) is 4.98 Å². The lowest BCUT2D eigenvalue weighted by molar-refractivity contribution is -0.137. The highest BCUT2D eigenvalue weighted by molar-refractivity contribution is 5.83. The summed E-state index contributed by atoms with van der Waals surface area (Å²) in [4.78, 5) is 23.5. The summed E-state index contributed by atoms with van der Waals surface area (Å²) < 4.78 is 17.8. The summed E-state index contributed by atoms with van der Waals surface area (Å²) in [5.74, 6) is 0.372. The lowest BCUT2D eigenvalue weighted by Crippen LogP contribution is -2.51. The molecule has 0 N–H and O–H groups in total. The van der Waals surface area contributed by atoms with E-state index in [-0.39, 0.29) is 17.8 Å². The highest BCUT2D eigenvalue weighted by atomic mass is 19.1. The zero-order valence-corrected chi connectivity index (χ0v) is 18.4. The molecular formula is C24H28FN5O2. The number of halogens is 1. The van der Waals surface area contributed by atoms with Gasteiger partial charge in [-0.3, -0.25) is 9.69 Å². The molecular weight excluding hydrogens is 409 g/mol. The smallest absolute Gasteiger partial charge is 0.368 e. The van der Waals surface area contributed by atoms with Crippen molar-refractivity contribution in [2.24, 2.45) is 0 Å². The van der Waals surface area contributed by atoms with E-state index in [1.807, 2.05) is 73.3 Å². The van der Waals surface area contributed by atoms with Crippen molar-refractivity contribution in [1.29, 1.82) is 0 Å². The Morgan fingerprint density at radius 1 is 1.03 bits per heavy atom. The Balaban J connectivity index is 1.55. The van der Waals surface area contributed by atoms with Gasteiger partial charge in [-0.1, -0.05) is 47.6 Å². The van der Waals surface area contributed by atoms with Crippen molar-refractivity contribution in [2.75, 3.05) is 44.2 Å². The number of hydrogen-bond acceptors (Lipinski definition) is 6. The molecule has 1 aliphatic heterocycles. The second kappa shape index (κ2) is 9.91. The lowest BCUT2D eigenvalue weighted by Gasteiger charge is -2.41. The van der Waals surface area contributed by atoms with Crippen LogP contribution in [-0.4, -0.2) is 65.1 Å². The van der Waals surface area contributed by atoms with Gasteiger partial charge in [0.15, 0.2) is 0 Å². The third kappa shape index (κ3) is 4.50. The van der Waals surface area contributed by atoms with Gasteiger partial charge in [0.25, 0.3) is 0 Å². The van der Waals surface area contributed by atoms with Crippen LogP contribution in [0.4, 0.5) is 10.1 Å². The maximum absolute atomic E-state index is 13.4. The molecule has 1 saturated heterocycles. The van der Waals surface area contributed by atoms with E-state index in [1.54, 1.807) is 0 Å². The monoisotopic (exact) mass is 437 g/mol. The zero-order valence-electron chi connectivity index (χ0n) is 18.4. The van der Waals surface area contributed by atoms with Crippen LogP contribution in [0.3, 0.4) is 0 Å². The van der Waals surface area contributed by atoms with E-state index in [9.17, 15) is 9.18 Å². The van der Waals surface area contributed by atoms with Crippen LogP contribution >= 0.6 is 0 Å². The Hall–Kier alpha value is -3.26. The first-order chi connectivity index (χ1) is 15.6. The van der Waals surface area contributed by atoms with Crippen molar-refractivity contribution in [3.05, 3.63) is 66.3 Å². The number of aromatic nitrogens is 2. The number of piperazine rings is 1. The highest BCUT2D eigenvalue weighted by Gasteiger charge is 2.33. The fraction of sp³-hybridized carbons (Fsp3) is 0.375. The van der Waals surface area contributed by atoms with Crippen LogP contribution in [0, 0.1) is 6.14 Å². The van der Waals surface area contributed by atoms with Gasteiger partial charge in [-0.15, -0.1) is 4.39 Å². The quantitative estimate of drug-likeness (QED) is 0.563. The third-order valence-electron chi connectivity index (χ3n) is 5.99. The molecule has 7 nitrogen and oxygen atoms in total. The number of hydrogen-bond donors (Lipinski definition) is 0. The highest BCUT2D eigenvalue weighted by Crippen LogP contribution is 2.31. The summed E-state index contributed by atoms with van der Waals surface area (Å²) in [6.07, 6.45) is -0.944. The molecule has 0 spiro atoms. The lowest BCUT2D eigenvalue weighted by atomic mass is 10.0. The average Bonchev–Trinajstić information content (AvgIpc) is 3.27. The van der Waals surface area contributed by atoms with Crippen LogP contribution in [-0.2, 0) is 4.79 Å². The van der Waals surface area contributed by atoms with Crippen LogP contribution in [0.15, 0.2) is 59.1 Å². The van der Waals surface area contributed by atoms with Crippen LogP contribution in [0.2, 0.25) is 0 Å². The van der Waals surface area contributed by atoms with E-state index in [0.29, 0.717) is 13.1 Å². The Bertz CT molecular complexity index is 1030. The van der Waals surface area contributed by atoms with Crippen molar-refractivity contribution in [1.82, 2.24) is 19.9 Å². The molecule has 3 aromatic rings. The molecule has 8 heteroatoms. The first-order valence-electron chi connectivity index (χ1n) is 11.0. The Morgan fingerprint density at radius 3 is 2.31 bits per heavy atom. The van der Waals surface area contributed by atoms with Gasteiger partial charge in [0, 0.05) is 50.5 Å². The Morgan fingerprint density at radius 2 is 1.69 bits per heavy atom. The van der Waals surface area contributed by atoms with Gasteiger partial charge in [0.2, 0.25) is 11.7 Å². The summed E-state index contributed by atoms with van der Waals surface area (Å²) in [7, 11) is 0. The number of likely N-dealkylation sites (N-methyl/N-ethyl adjacent to an activating group) is 1. The molecule has 0 bridgehead atoms. The molecule has 1 atom stereocenters. The van der Waals surface area contributed by atoms with Crippen molar-refractivity contribution < 1.29 is 13.7 Å². The minimum absolute atomic E-state index is 0.136. The summed E-state index contributed by atoms with van der Waals surface area (Å²) in [5, 5.41) is 3.74. The summed E-state index contributed by atoms with van der Waals surface area (Å²) >= 11 is 0. The maximum Gasteiger partial charge on any atom is 0.405 e. The van der Waals surface area contributed by atoms with Gasteiger partial charge >= 0.3 is 6.14 Å². The molecule has 1 amide bonds. The van der Waals surface area contributed by atoms with Crippen LogP contribution < -0.4 is 4.90 Å². The van der Waals surface area contributed by atoms with Gasteiger partial charge in [0.1, 0.15) is 6.04 Å². The summed E-state index contributed by atoms with van der Waals surface area (Å²) in [6, 6.07) is 17.3. The molecule has 0 saturated carbocycles. The molecule has 4 rings (SSSR count). The Kier molecular flexibility index (Phi) is 6.80. The second-order valence-corrected chi connectivity index (χ2v) is 7.73. The fourth-order valence-electron chi connectivity index (χ4n) is 4.33. The van der Waals surface area contributed by atoms with Crippen LogP contribution in [0.1, 0.15) is 25.5 Å². The van der Waals surface area contributed by atoms with Gasteiger partial charge < -0.3 is 14.3 Å². The zero-order chi connectivity index (χ0) is 22.5. The van der Waals surface area contributed by atoms with E-state index >= 15 is 0 Å². The molecule has 1 unspecified atom stereocenters. The van der Waals surface area contributed by atoms with E-state index in [4.69, 9.17) is 0 Å². The summed E-state index contributed by atoms with van der Waals surface area (Å²) in [6.45, 7) is 8.31. The standard InChI is InChI=1S/C24H28FN5O2/c1-3-28(4-2)23(31)21(18-10-6-5-7-11-18)30-16-14-29(15-17-30)20-13-9-8-12-19(20)22-26-24(25)32-27-22/h5-13,21H,3-4,14-17H2,1-2H3. The molecule has 2 heterocycles. The molecule has 2 aromatic carbocycles. The van der Waals surface area contributed by atoms with Gasteiger partial charge in [0.05, 0.1) is 0 Å². The largest absolute Gasteiger partial charge is 0.405 e. The number of benzene rings is 2.